The second kappa shape index (κ2) is 10.7. The van der Waals surface area contributed by atoms with Gasteiger partial charge >= 0.3 is 11.9 Å². The van der Waals surface area contributed by atoms with Crippen molar-refractivity contribution in [2.45, 2.75) is 25.8 Å². The predicted molar refractivity (Wildman–Crippen MR) is 117 cm³/mol. The number of benzene rings is 1. The Balaban J connectivity index is 0.000000366. The van der Waals surface area contributed by atoms with E-state index < -0.39 is 22.1 Å². The van der Waals surface area contributed by atoms with Crippen molar-refractivity contribution in [3.63, 3.8) is 0 Å². The number of nitrogens with one attached hydrogen (secondary N) is 1. The highest BCUT2D eigenvalue weighted by atomic mass is 32.2. The summed E-state index contributed by atoms with van der Waals surface area (Å²) in [4.78, 5) is 24.7. The predicted octanol–water partition coefficient (Wildman–Crippen LogP) is 1.20. The fourth-order valence-electron chi connectivity index (χ4n) is 3.13. The van der Waals surface area contributed by atoms with E-state index in [-0.39, 0.29) is 12.8 Å². The Hall–Kier alpha value is -2.47. The summed E-state index contributed by atoms with van der Waals surface area (Å²) in [6.07, 6.45) is 2.43. The van der Waals surface area contributed by atoms with Crippen LogP contribution in [0, 0.1) is 0 Å². The number of carbonyl (C=O) groups is 2. The molecule has 0 unspecified atom stereocenters. The lowest BCUT2D eigenvalue weighted by molar-refractivity contribution is -0.143. The fraction of sp³-hybridized carbons (Fsp3) is 0.500. The van der Waals surface area contributed by atoms with Crippen LogP contribution in [0.1, 0.15) is 24.0 Å². The number of hydrogen-bond acceptors (Lipinski definition) is 5. The van der Waals surface area contributed by atoms with E-state index in [1.165, 1.54) is 15.3 Å². The van der Waals surface area contributed by atoms with Crippen LogP contribution in [0.5, 0.6) is 0 Å². The molecule has 0 saturated carbocycles. The topological polar surface area (TPSA) is 134 Å². The summed E-state index contributed by atoms with van der Waals surface area (Å²) in [6, 6.07) is 6.16. The second-order valence-electron chi connectivity index (χ2n) is 7.70. The molecule has 1 aliphatic rings. The van der Waals surface area contributed by atoms with Crippen molar-refractivity contribution >= 4 is 33.1 Å². The summed E-state index contributed by atoms with van der Waals surface area (Å²) in [5, 5.41) is 17.0. The maximum Gasteiger partial charge on any atom is 0.303 e. The highest BCUT2D eigenvalue weighted by Crippen LogP contribution is 2.23. The molecular formula is C20H30N4O6S. The Morgan fingerprint density at radius 1 is 1.13 bits per heavy atom. The second-order valence-corrected chi connectivity index (χ2v) is 9.73. The number of hydrogen-bond donors (Lipinski definition) is 3. The van der Waals surface area contributed by atoms with Gasteiger partial charge in [0.15, 0.2) is 0 Å². The summed E-state index contributed by atoms with van der Waals surface area (Å²) in [5.74, 6) is -2.15. The van der Waals surface area contributed by atoms with E-state index in [4.69, 9.17) is 10.2 Å². The van der Waals surface area contributed by atoms with Crippen molar-refractivity contribution < 1.29 is 28.2 Å². The monoisotopic (exact) mass is 454 g/mol. The molecule has 1 saturated heterocycles. The Morgan fingerprint density at radius 2 is 1.77 bits per heavy atom. The SMILES string of the molecule is CN(C)CCc1c[nH]c2ccc(CN3CCN(C)S3(=O)=O)cc12.O=C(O)CCC(=O)O. The van der Waals surface area contributed by atoms with Crippen LogP contribution in [0.4, 0.5) is 0 Å². The maximum absolute atomic E-state index is 12.2. The van der Waals surface area contributed by atoms with Gasteiger partial charge in [0.1, 0.15) is 0 Å². The number of rotatable bonds is 8. The lowest BCUT2D eigenvalue weighted by Gasteiger charge is -2.16. The van der Waals surface area contributed by atoms with Crippen molar-refractivity contribution in [1.82, 2.24) is 18.5 Å². The van der Waals surface area contributed by atoms with Gasteiger partial charge in [-0.2, -0.15) is 17.0 Å². The summed E-state index contributed by atoms with van der Waals surface area (Å²) in [7, 11) is 2.47. The first-order valence-corrected chi connectivity index (χ1v) is 11.3. The van der Waals surface area contributed by atoms with Gasteiger partial charge in [0, 0.05) is 50.3 Å². The number of carboxylic acid groups (broad SMARTS) is 2. The van der Waals surface area contributed by atoms with E-state index in [9.17, 15) is 18.0 Å². The van der Waals surface area contributed by atoms with E-state index in [0.29, 0.717) is 19.6 Å². The Bertz CT molecular complexity index is 1000. The number of likely N-dealkylation sites (N-methyl/N-ethyl adjacent to an activating group) is 2. The van der Waals surface area contributed by atoms with E-state index >= 15 is 0 Å². The van der Waals surface area contributed by atoms with Crippen LogP contribution in [-0.4, -0.2) is 89.8 Å². The minimum absolute atomic E-state index is 0.296. The molecule has 2 heterocycles. The van der Waals surface area contributed by atoms with Crippen LogP contribution in [0.15, 0.2) is 24.4 Å². The lowest BCUT2D eigenvalue weighted by Crippen LogP contribution is -2.30. The average molecular weight is 455 g/mol. The molecule has 0 spiro atoms. The zero-order chi connectivity index (χ0) is 23.2. The van der Waals surface area contributed by atoms with Gasteiger partial charge in [-0.15, -0.1) is 0 Å². The van der Waals surface area contributed by atoms with Crippen molar-refractivity contribution in [3.8, 4) is 0 Å². The van der Waals surface area contributed by atoms with Crippen LogP contribution >= 0.6 is 0 Å². The number of aromatic amines is 1. The highest BCUT2D eigenvalue weighted by Gasteiger charge is 2.33. The zero-order valence-corrected chi connectivity index (χ0v) is 18.9. The molecule has 0 amide bonds. The normalized spacial score (nSPS) is 16.4. The molecule has 2 aromatic rings. The molecule has 1 aliphatic heterocycles. The van der Waals surface area contributed by atoms with Gasteiger partial charge in [0.25, 0.3) is 10.2 Å². The van der Waals surface area contributed by atoms with Crippen LogP contribution < -0.4 is 0 Å². The molecule has 1 aromatic carbocycles. The van der Waals surface area contributed by atoms with Gasteiger partial charge in [-0.05, 0) is 43.8 Å². The molecule has 0 aliphatic carbocycles. The van der Waals surface area contributed by atoms with Gasteiger partial charge in [-0.1, -0.05) is 6.07 Å². The van der Waals surface area contributed by atoms with Gasteiger partial charge in [0.2, 0.25) is 0 Å². The largest absolute Gasteiger partial charge is 0.481 e. The van der Waals surface area contributed by atoms with E-state index in [1.54, 1.807) is 11.4 Å². The molecule has 0 radical (unpaired) electrons. The molecular weight excluding hydrogens is 424 g/mol. The molecule has 3 rings (SSSR count). The first-order valence-electron chi connectivity index (χ1n) is 9.89. The number of aliphatic carboxylic acids is 2. The molecule has 11 heteroatoms. The summed E-state index contributed by atoms with van der Waals surface area (Å²) in [6.45, 7) is 2.53. The third kappa shape index (κ3) is 7.03. The average Bonchev–Trinajstić information content (AvgIpc) is 3.20. The first-order chi connectivity index (χ1) is 14.5. The summed E-state index contributed by atoms with van der Waals surface area (Å²) < 4.78 is 27.3. The highest BCUT2D eigenvalue weighted by molar-refractivity contribution is 7.86. The molecule has 31 heavy (non-hydrogen) atoms. The van der Waals surface area contributed by atoms with E-state index in [1.807, 2.05) is 12.1 Å². The van der Waals surface area contributed by atoms with E-state index in [0.717, 1.165) is 24.0 Å². The van der Waals surface area contributed by atoms with Gasteiger partial charge < -0.3 is 20.1 Å². The van der Waals surface area contributed by atoms with Gasteiger partial charge in [-0.3, -0.25) is 9.59 Å². The van der Waals surface area contributed by atoms with Gasteiger partial charge in [0.05, 0.1) is 12.8 Å². The fourth-order valence-corrected chi connectivity index (χ4v) is 4.46. The number of nitrogens with zero attached hydrogens (tertiary/aromatic N) is 3. The van der Waals surface area contributed by atoms with Crippen LogP contribution in [0.25, 0.3) is 10.9 Å². The number of carboxylic acids is 2. The van der Waals surface area contributed by atoms with Crippen molar-refractivity contribution in [2.24, 2.45) is 0 Å². The summed E-state index contributed by atoms with van der Waals surface area (Å²) in [5.41, 5.74) is 3.41. The molecule has 172 valence electrons. The van der Waals surface area contributed by atoms with Gasteiger partial charge in [-0.25, -0.2) is 0 Å². The maximum atomic E-state index is 12.2. The van der Waals surface area contributed by atoms with Crippen molar-refractivity contribution in [2.75, 3.05) is 40.8 Å². The third-order valence-corrected chi connectivity index (χ3v) is 6.89. The van der Waals surface area contributed by atoms with Crippen LogP contribution in [0.3, 0.4) is 0 Å². The molecule has 10 nitrogen and oxygen atoms in total. The van der Waals surface area contributed by atoms with Crippen molar-refractivity contribution in [1.29, 1.82) is 0 Å². The number of aromatic nitrogens is 1. The van der Waals surface area contributed by atoms with Crippen LogP contribution in [0.2, 0.25) is 0 Å². The standard InChI is InChI=1S/C16H24N4O2S.C4H6O4/c1-18(2)7-6-14-11-17-16-5-4-13(10-15(14)16)12-20-9-8-19(3)23(20,21)22;5-3(6)1-2-4(7)8/h4-5,10-11,17H,6-9,12H2,1-3H3;1-2H2,(H,5,6)(H,7,8). The summed E-state index contributed by atoms with van der Waals surface area (Å²) >= 11 is 0. The molecule has 0 bridgehead atoms. The number of fused-ring (bicyclic) bond motifs is 1. The molecule has 0 atom stereocenters. The quantitative estimate of drug-likeness (QED) is 0.546. The smallest absolute Gasteiger partial charge is 0.303 e. The molecule has 1 fully saturated rings. The Morgan fingerprint density at radius 3 is 2.29 bits per heavy atom. The minimum Gasteiger partial charge on any atom is -0.481 e. The Kier molecular flexibility index (Phi) is 8.57. The first kappa shape index (κ1) is 24.8. The number of H-pyrrole nitrogens is 1. The minimum atomic E-state index is -3.28. The Labute approximate surface area is 182 Å². The lowest BCUT2D eigenvalue weighted by atomic mass is 10.1. The molecule has 3 N–H and O–H groups in total. The molecule has 1 aromatic heterocycles. The zero-order valence-electron chi connectivity index (χ0n) is 18.0. The van der Waals surface area contributed by atoms with Crippen LogP contribution in [-0.2, 0) is 32.8 Å². The third-order valence-electron chi connectivity index (χ3n) is 4.96. The van der Waals surface area contributed by atoms with Crippen molar-refractivity contribution in [3.05, 3.63) is 35.5 Å². The van der Waals surface area contributed by atoms with E-state index in [2.05, 4.69) is 36.2 Å².